The van der Waals surface area contributed by atoms with Gasteiger partial charge in [-0.3, -0.25) is 4.79 Å². The van der Waals surface area contributed by atoms with Crippen LogP contribution in [0.5, 0.6) is 0 Å². The molecule has 1 aromatic heterocycles. The van der Waals surface area contributed by atoms with Gasteiger partial charge >= 0.3 is 0 Å². The molecule has 18 heavy (non-hydrogen) atoms. The van der Waals surface area contributed by atoms with Crippen molar-refractivity contribution in [1.29, 1.82) is 0 Å². The molecule has 2 aromatic rings. The smallest absolute Gasteiger partial charge is 0.271 e. The fourth-order valence-electron chi connectivity index (χ4n) is 1.37. The molecule has 1 heterocycles. The standard InChI is InChI=1S/C13H11BrN2O2/c1-9-5-6-12(18-9)8-15-16-13(17)10-3-2-4-11(14)7-10/h2-8H,1H3,(H,16,17)/b15-8+. The summed E-state index contributed by atoms with van der Waals surface area (Å²) in [6.45, 7) is 1.84. The van der Waals surface area contributed by atoms with Crippen LogP contribution < -0.4 is 5.43 Å². The molecule has 0 aliphatic rings. The van der Waals surface area contributed by atoms with E-state index in [4.69, 9.17) is 4.42 Å². The van der Waals surface area contributed by atoms with E-state index in [1.807, 2.05) is 19.1 Å². The summed E-state index contributed by atoms with van der Waals surface area (Å²) < 4.78 is 6.13. The molecule has 0 saturated carbocycles. The number of aryl methyl sites for hydroxylation is 1. The van der Waals surface area contributed by atoms with Crippen LogP contribution >= 0.6 is 15.9 Å². The summed E-state index contributed by atoms with van der Waals surface area (Å²) in [5.41, 5.74) is 2.97. The molecule has 92 valence electrons. The van der Waals surface area contributed by atoms with Crippen molar-refractivity contribution in [3.8, 4) is 0 Å². The van der Waals surface area contributed by atoms with Gasteiger partial charge < -0.3 is 4.42 Å². The normalized spacial score (nSPS) is 10.8. The third-order valence-corrected chi connectivity index (χ3v) is 2.70. The summed E-state index contributed by atoms with van der Waals surface area (Å²) in [5, 5.41) is 3.83. The summed E-state index contributed by atoms with van der Waals surface area (Å²) in [6, 6.07) is 10.7. The van der Waals surface area contributed by atoms with Gasteiger partial charge in [-0.05, 0) is 37.3 Å². The fraction of sp³-hybridized carbons (Fsp3) is 0.0769. The van der Waals surface area contributed by atoms with Crippen LogP contribution in [0.3, 0.4) is 0 Å². The lowest BCUT2D eigenvalue weighted by Crippen LogP contribution is -2.17. The molecule has 5 heteroatoms. The van der Waals surface area contributed by atoms with Crippen LogP contribution in [0.2, 0.25) is 0 Å². The van der Waals surface area contributed by atoms with E-state index >= 15 is 0 Å². The van der Waals surface area contributed by atoms with Crippen molar-refractivity contribution < 1.29 is 9.21 Å². The van der Waals surface area contributed by atoms with Gasteiger partial charge in [0.05, 0.1) is 6.21 Å². The molecule has 0 unspecified atom stereocenters. The number of nitrogens with one attached hydrogen (secondary N) is 1. The van der Waals surface area contributed by atoms with Gasteiger partial charge in [0.2, 0.25) is 0 Å². The van der Waals surface area contributed by atoms with Crippen LogP contribution in [0, 0.1) is 6.92 Å². The lowest BCUT2D eigenvalue weighted by molar-refractivity contribution is 0.0955. The minimum Gasteiger partial charge on any atom is -0.460 e. The van der Waals surface area contributed by atoms with Crippen LogP contribution in [-0.2, 0) is 0 Å². The topological polar surface area (TPSA) is 54.6 Å². The fourth-order valence-corrected chi connectivity index (χ4v) is 1.77. The summed E-state index contributed by atoms with van der Waals surface area (Å²) >= 11 is 3.30. The van der Waals surface area contributed by atoms with Crippen molar-refractivity contribution in [3.05, 3.63) is 58.0 Å². The first-order valence-electron chi connectivity index (χ1n) is 5.30. The van der Waals surface area contributed by atoms with Crippen molar-refractivity contribution in [2.75, 3.05) is 0 Å². The predicted octanol–water partition coefficient (Wildman–Crippen LogP) is 3.11. The van der Waals surface area contributed by atoms with Gasteiger partial charge in [-0.1, -0.05) is 22.0 Å². The molecule has 0 radical (unpaired) electrons. The van der Waals surface area contributed by atoms with Crippen LogP contribution in [-0.4, -0.2) is 12.1 Å². The Kier molecular flexibility index (Phi) is 3.94. The Morgan fingerprint density at radius 1 is 1.39 bits per heavy atom. The zero-order chi connectivity index (χ0) is 13.0. The maximum atomic E-state index is 11.7. The molecule has 0 fully saturated rings. The van der Waals surface area contributed by atoms with Crippen molar-refractivity contribution in [2.45, 2.75) is 6.92 Å². The number of hydrogen-bond acceptors (Lipinski definition) is 3. The summed E-state index contributed by atoms with van der Waals surface area (Å²) in [6.07, 6.45) is 1.46. The second-order valence-electron chi connectivity index (χ2n) is 3.66. The lowest BCUT2D eigenvalue weighted by Gasteiger charge is -1.99. The van der Waals surface area contributed by atoms with Gasteiger partial charge in [0.15, 0.2) is 0 Å². The van der Waals surface area contributed by atoms with Crippen molar-refractivity contribution in [2.24, 2.45) is 5.10 Å². The first-order chi connectivity index (χ1) is 8.65. The molecular weight excluding hydrogens is 296 g/mol. The van der Waals surface area contributed by atoms with Crippen molar-refractivity contribution >= 4 is 28.1 Å². The molecule has 0 aliphatic heterocycles. The summed E-state index contributed by atoms with van der Waals surface area (Å²) in [4.78, 5) is 11.7. The largest absolute Gasteiger partial charge is 0.460 e. The molecule has 0 spiro atoms. The average Bonchev–Trinajstić information content (AvgIpc) is 2.75. The van der Waals surface area contributed by atoms with E-state index in [9.17, 15) is 4.79 Å². The number of hydrazone groups is 1. The Labute approximate surface area is 113 Å². The number of rotatable bonds is 3. The van der Waals surface area contributed by atoms with E-state index in [2.05, 4.69) is 26.5 Å². The second-order valence-corrected chi connectivity index (χ2v) is 4.57. The monoisotopic (exact) mass is 306 g/mol. The van der Waals surface area contributed by atoms with E-state index in [1.54, 1.807) is 24.3 Å². The van der Waals surface area contributed by atoms with Crippen LogP contribution in [0.1, 0.15) is 21.9 Å². The number of carbonyl (C=O) groups is 1. The van der Waals surface area contributed by atoms with Crippen LogP contribution in [0.15, 0.2) is 50.4 Å². The van der Waals surface area contributed by atoms with Crippen molar-refractivity contribution in [3.63, 3.8) is 0 Å². The highest BCUT2D eigenvalue weighted by atomic mass is 79.9. The first kappa shape index (κ1) is 12.6. The van der Waals surface area contributed by atoms with E-state index < -0.39 is 0 Å². The molecular formula is C13H11BrN2O2. The minimum atomic E-state index is -0.268. The predicted molar refractivity (Wildman–Crippen MR) is 72.6 cm³/mol. The second kappa shape index (κ2) is 5.64. The highest BCUT2D eigenvalue weighted by Gasteiger charge is 2.03. The third-order valence-electron chi connectivity index (χ3n) is 2.21. The van der Waals surface area contributed by atoms with Crippen molar-refractivity contribution in [1.82, 2.24) is 5.43 Å². The van der Waals surface area contributed by atoms with Gasteiger partial charge in [-0.25, -0.2) is 5.43 Å². The molecule has 0 saturated heterocycles. The Morgan fingerprint density at radius 3 is 2.89 bits per heavy atom. The highest BCUT2D eigenvalue weighted by Crippen LogP contribution is 2.11. The Bertz CT molecular complexity index is 590. The summed E-state index contributed by atoms with van der Waals surface area (Å²) in [7, 11) is 0. The van der Waals surface area contributed by atoms with E-state index in [0.29, 0.717) is 11.3 Å². The zero-order valence-corrected chi connectivity index (χ0v) is 11.3. The number of nitrogens with zero attached hydrogens (tertiary/aromatic N) is 1. The first-order valence-corrected chi connectivity index (χ1v) is 6.10. The molecule has 0 bridgehead atoms. The third kappa shape index (κ3) is 3.30. The van der Waals surface area contributed by atoms with E-state index in [1.165, 1.54) is 6.21 Å². The van der Waals surface area contributed by atoms with E-state index in [-0.39, 0.29) is 5.91 Å². The van der Waals surface area contributed by atoms with Gasteiger partial charge in [-0.15, -0.1) is 0 Å². The zero-order valence-electron chi connectivity index (χ0n) is 9.68. The molecule has 4 nitrogen and oxygen atoms in total. The number of benzene rings is 1. The van der Waals surface area contributed by atoms with Gasteiger partial charge in [0, 0.05) is 10.0 Å². The average molecular weight is 307 g/mol. The Hall–Kier alpha value is -1.88. The van der Waals surface area contributed by atoms with E-state index in [0.717, 1.165) is 10.2 Å². The summed E-state index contributed by atoms with van der Waals surface area (Å²) in [5.74, 6) is 1.13. The maximum Gasteiger partial charge on any atom is 0.271 e. The molecule has 1 N–H and O–H groups in total. The SMILES string of the molecule is Cc1ccc(/C=N/NC(=O)c2cccc(Br)c2)o1. The quantitative estimate of drug-likeness (QED) is 0.699. The molecule has 1 amide bonds. The lowest BCUT2D eigenvalue weighted by atomic mass is 10.2. The Balaban J connectivity index is 1.98. The van der Waals surface area contributed by atoms with Crippen LogP contribution in [0.4, 0.5) is 0 Å². The molecule has 2 rings (SSSR count). The number of halogens is 1. The highest BCUT2D eigenvalue weighted by molar-refractivity contribution is 9.10. The van der Waals surface area contributed by atoms with Crippen LogP contribution in [0.25, 0.3) is 0 Å². The minimum absolute atomic E-state index is 0.268. The number of hydrogen-bond donors (Lipinski definition) is 1. The maximum absolute atomic E-state index is 11.7. The van der Waals surface area contributed by atoms with Gasteiger partial charge in [-0.2, -0.15) is 5.10 Å². The molecule has 0 atom stereocenters. The number of amides is 1. The molecule has 0 aliphatic carbocycles. The number of furan rings is 1. The Morgan fingerprint density at radius 2 is 2.22 bits per heavy atom. The van der Waals surface area contributed by atoms with Gasteiger partial charge in [0.1, 0.15) is 11.5 Å². The van der Waals surface area contributed by atoms with Gasteiger partial charge in [0.25, 0.3) is 5.91 Å². The molecule has 1 aromatic carbocycles. The number of carbonyl (C=O) groups excluding carboxylic acids is 1.